The van der Waals surface area contributed by atoms with Crippen LogP contribution in [0.15, 0.2) is 40.9 Å². The number of benzene rings is 2. The van der Waals surface area contributed by atoms with Crippen molar-refractivity contribution in [1.82, 2.24) is 0 Å². The highest BCUT2D eigenvalue weighted by molar-refractivity contribution is 9.10. The lowest BCUT2D eigenvalue weighted by atomic mass is 10.1. The molecule has 0 saturated heterocycles. The summed E-state index contributed by atoms with van der Waals surface area (Å²) in [4.78, 5) is 12.0. The van der Waals surface area contributed by atoms with E-state index in [1.54, 1.807) is 24.3 Å². The van der Waals surface area contributed by atoms with Gasteiger partial charge in [0.25, 0.3) is 0 Å². The van der Waals surface area contributed by atoms with Crippen LogP contribution in [0.4, 0.5) is 0 Å². The molecule has 0 fully saturated rings. The molecule has 0 aliphatic heterocycles. The molecule has 0 saturated carbocycles. The first-order valence-electron chi connectivity index (χ1n) is 7.31. The summed E-state index contributed by atoms with van der Waals surface area (Å²) in [5.41, 5.74) is 1.87. The van der Waals surface area contributed by atoms with Gasteiger partial charge in [-0.2, -0.15) is 0 Å². The Kier molecular flexibility index (Phi) is 6.48. The van der Waals surface area contributed by atoms with Crippen molar-refractivity contribution in [3.05, 3.63) is 57.0 Å². The monoisotopic (exact) mass is 396 g/mol. The molecule has 0 amide bonds. The van der Waals surface area contributed by atoms with Crippen molar-refractivity contribution in [1.29, 1.82) is 0 Å². The molecule has 0 radical (unpaired) electrons. The van der Waals surface area contributed by atoms with Gasteiger partial charge in [-0.25, -0.2) is 0 Å². The van der Waals surface area contributed by atoms with Gasteiger partial charge in [-0.15, -0.1) is 0 Å². The maximum absolute atomic E-state index is 12.0. The maximum atomic E-state index is 12.0. The summed E-state index contributed by atoms with van der Waals surface area (Å²) >= 11 is 9.23. The first kappa shape index (κ1) is 17.8. The van der Waals surface area contributed by atoms with E-state index >= 15 is 0 Å². The number of rotatable bonds is 6. The Labute approximate surface area is 149 Å². The molecule has 0 heterocycles. The van der Waals surface area contributed by atoms with Crippen LogP contribution in [0.3, 0.4) is 0 Å². The topological polar surface area (TPSA) is 35.5 Å². The number of aryl methyl sites for hydroxylation is 2. The largest absolute Gasteiger partial charge is 0.494 e. The second-order valence-electron chi connectivity index (χ2n) is 5.25. The third kappa shape index (κ3) is 5.56. The van der Waals surface area contributed by atoms with Crippen LogP contribution in [0, 0.1) is 13.8 Å². The summed E-state index contributed by atoms with van der Waals surface area (Å²) in [6, 6.07) is 11.0. The number of hydrogen-bond donors (Lipinski definition) is 0. The number of carbonyl (C=O) groups excluding carboxylic acids is 1. The Hall–Kier alpha value is -1.52. The van der Waals surface area contributed by atoms with Crippen molar-refractivity contribution in [2.24, 2.45) is 0 Å². The van der Waals surface area contributed by atoms with Gasteiger partial charge in [-0.1, -0.05) is 27.5 Å². The van der Waals surface area contributed by atoms with Crippen molar-refractivity contribution in [3.63, 3.8) is 0 Å². The Bertz CT molecular complexity index is 660. The van der Waals surface area contributed by atoms with Crippen LogP contribution in [0.1, 0.15) is 24.0 Å². The summed E-state index contributed by atoms with van der Waals surface area (Å²) in [5, 5.41) is 0.668. The molecule has 2 aromatic rings. The van der Waals surface area contributed by atoms with Crippen molar-refractivity contribution in [3.8, 4) is 11.5 Å². The van der Waals surface area contributed by atoms with Gasteiger partial charge in [-0.05, 0) is 67.8 Å². The van der Waals surface area contributed by atoms with Crippen LogP contribution >= 0.6 is 27.5 Å². The minimum absolute atomic E-state index is 0.252. The lowest BCUT2D eigenvalue weighted by molar-refractivity contribution is -0.134. The van der Waals surface area contributed by atoms with Crippen LogP contribution < -0.4 is 9.47 Å². The highest BCUT2D eigenvalue weighted by Gasteiger charge is 2.11. The molecule has 0 unspecified atom stereocenters. The highest BCUT2D eigenvalue weighted by atomic mass is 79.9. The quantitative estimate of drug-likeness (QED) is 0.367. The second kappa shape index (κ2) is 8.37. The first-order chi connectivity index (χ1) is 11.0. The summed E-state index contributed by atoms with van der Waals surface area (Å²) in [6.45, 7) is 4.29. The number of halogens is 2. The molecule has 2 rings (SSSR count). The van der Waals surface area contributed by atoms with Gasteiger partial charge in [0, 0.05) is 15.9 Å². The van der Waals surface area contributed by atoms with E-state index in [-0.39, 0.29) is 5.97 Å². The summed E-state index contributed by atoms with van der Waals surface area (Å²) in [7, 11) is 0. The van der Waals surface area contributed by atoms with Crippen LogP contribution in [-0.4, -0.2) is 12.6 Å². The fraction of sp³-hybridized carbons (Fsp3) is 0.278. The van der Waals surface area contributed by atoms with Gasteiger partial charge in [0.1, 0.15) is 11.5 Å². The van der Waals surface area contributed by atoms with Gasteiger partial charge in [0.15, 0.2) is 0 Å². The Balaban J connectivity index is 1.78. The third-order valence-corrected chi connectivity index (χ3v) is 3.96. The van der Waals surface area contributed by atoms with E-state index in [4.69, 9.17) is 21.1 Å². The molecule has 0 spiro atoms. The maximum Gasteiger partial charge on any atom is 0.311 e. The summed E-state index contributed by atoms with van der Waals surface area (Å²) < 4.78 is 12.0. The number of ether oxygens (including phenoxy) is 2. The number of hydrogen-bond acceptors (Lipinski definition) is 3. The van der Waals surface area contributed by atoms with Gasteiger partial charge in [0.2, 0.25) is 0 Å². The molecular weight excluding hydrogens is 380 g/mol. The average molecular weight is 398 g/mol. The van der Waals surface area contributed by atoms with Crippen molar-refractivity contribution >= 4 is 33.5 Å². The standard InChI is InChI=1S/C18H18BrClO3/c1-12-10-14(19)11-13(2)18(12)23-17(21)4-3-9-22-16-7-5-15(20)6-8-16/h5-8,10-11H,3-4,9H2,1-2H3. The predicted molar refractivity (Wildman–Crippen MR) is 95.4 cm³/mol. The zero-order valence-corrected chi connectivity index (χ0v) is 15.4. The number of carbonyl (C=O) groups is 1. The van der Waals surface area contributed by atoms with Crippen molar-refractivity contribution in [2.75, 3.05) is 6.61 Å². The predicted octanol–water partition coefficient (Wildman–Crippen LogP) is 5.48. The van der Waals surface area contributed by atoms with Gasteiger partial charge in [-0.3, -0.25) is 4.79 Å². The molecule has 2 aromatic carbocycles. The van der Waals surface area contributed by atoms with E-state index < -0.39 is 0 Å². The molecule has 0 N–H and O–H groups in total. The van der Waals surface area contributed by atoms with Crippen LogP contribution in [0.25, 0.3) is 0 Å². The molecule has 0 aliphatic rings. The molecule has 3 nitrogen and oxygen atoms in total. The Morgan fingerprint density at radius 2 is 1.74 bits per heavy atom. The Morgan fingerprint density at radius 3 is 2.35 bits per heavy atom. The molecular formula is C18H18BrClO3. The first-order valence-corrected chi connectivity index (χ1v) is 8.48. The summed E-state index contributed by atoms with van der Waals surface area (Å²) in [5.74, 6) is 1.12. The Morgan fingerprint density at radius 1 is 1.13 bits per heavy atom. The van der Waals surface area contributed by atoms with E-state index in [1.807, 2.05) is 26.0 Å². The van der Waals surface area contributed by atoms with E-state index in [0.717, 1.165) is 21.3 Å². The second-order valence-corrected chi connectivity index (χ2v) is 6.60. The molecule has 5 heteroatoms. The van der Waals surface area contributed by atoms with Gasteiger partial charge in [0.05, 0.1) is 6.61 Å². The van der Waals surface area contributed by atoms with E-state index in [2.05, 4.69) is 15.9 Å². The van der Waals surface area contributed by atoms with Crippen molar-refractivity contribution < 1.29 is 14.3 Å². The molecule has 0 atom stereocenters. The minimum Gasteiger partial charge on any atom is -0.494 e. The van der Waals surface area contributed by atoms with Crippen molar-refractivity contribution in [2.45, 2.75) is 26.7 Å². The fourth-order valence-electron chi connectivity index (χ4n) is 2.16. The van der Waals surface area contributed by atoms with Crippen LogP contribution in [-0.2, 0) is 4.79 Å². The molecule has 23 heavy (non-hydrogen) atoms. The normalized spacial score (nSPS) is 10.4. The lowest BCUT2D eigenvalue weighted by Crippen LogP contribution is -2.11. The minimum atomic E-state index is -0.252. The van der Waals surface area contributed by atoms with E-state index in [0.29, 0.717) is 30.2 Å². The third-order valence-electron chi connectivity index (χ3n) is 3.25. The van der Waals surface area contributed by atoms with Crippen LogP contribution in [0.5, 0.6) is 11.5 Å². The van der Waals surface area contributed by atoms with Crippen LogP contribution in [0.2, 0.25) is 5.02 Å². The molecule has 0 bridgehead atoms. The molecule has 0 aliphatic carbocycles. The SMILES string of the molecule is Cc1cc(Br)cc(C)c1OC(=O)CCCOc1ccc(Cl)cc1. The van der Waals surface area contributed by atoms with E-state index in [1.165, 1.54) is 0 Å². The zero-order chi connectivity index (χ0) is 16.8. The lowest BCUT2D eigenvalue weighted by Gasteiger charge is -2.11. The molecule has 0 aromatic heterocycles. The highest BCUT2D eigenvalue weighted by Crippen LogP contribution is 2.27. The van der Waals surface area contributed by atoms with Gasteiger partial charge < -0.3 is 9.47 Å². The summed E-state index contributed by atoms with van der Waals surface area (Å²) in [6.07, 6.45) is 0.901. The van der Waals surface area contributed by atoms with E-state index in [9.17, 15) is 4.79 Å². The van der Waals surface area contributed by atoms with Gasteiger partial charge >= 0.3 is 5.97 Å². The zero-order valence-electron chi connectivity index (χ0n) is 13.1. The smallest absolute Gasteiger partial charge is 0.311 e. The average Bonchev–Trinajstić information content (AvgIpc) is 2.49. The molecule has 122 valence electrons. The fourth-order valence-corrected chi connectivity index (χ4v) is 2.97. The number of esters is 1.